The van der Waals surface area contributed by atoms with Crippen LogP contribution >= 0.6 is 11.8 Å². The van der Waals surface area contributed by atoms with E-state index in [1.165, 1.54) is 0 Å². The Labute approximate surface area is 93.8 Å². The number of hydrogen-bond acceptors (Lipinski definition) is 3. The number of thioether (sulfide) groups is 1. The molecule has 1 aliphatic rings. The summed E-state index contributed by atoms with van der Waals surface area (Å²) >= 11 is 1.72. The third kappa shape index (κ3) is 2.87. The van der Waals surface area contributed by atoms with E-state index in [4.69, 9.17) is 5.11 Å². The molecule has 1 aliphatic carbocycles. The first-order valence-electron chi connectivity index (χ1n) is 5.06. The van der Waals surface area contributed by atoms with Gasteiger partial charge in [-0.05, 0) is 38.2 Å². The van der Waals surface area contributed by atoms with Gasteiger partial charge in [0.05, 0.1) is 0 Å². The van der Waals surface area contributed by atoms with Gasteiger partial charge in [-0.3, -0.25) is 9.59 Å². The zero-order valence-corrected chi connectivity index (χ0v) is 9.89. The highest BCUT2D eigenvalue weighted by atomic mass is 32.2. The first-order valence-corrected chi connectivity index (χ1v) is 6.45. The number of hydrogen-bond donors (Lipinski definition) is 2. The van der Waals surface area contributed by atoms with Gasteiger partial charge in [-0.25, -0.2) is 0 Å². The summed E-state index contributed by atoms with van der Waals surface area (Å²) < 4.78 is 0. The maximum atomic E-state index is 11.6. The molecule has 0 aliphatic heterocycles. The van der Waals surface area contributed by atoms with Crippen molar-refractivity contribution in [3.8, 4) is 0 Å². The summed E-state index contributed by atoms with van der Waals surface area (Å²) in [5, 5.41) is 11.7. The second-order valence-electron chi connectivity index (χ2n) is 4.04. The first-order chi connectivity index (χ1) is 7.03. The van der Waals surface area contributed by atoms with Crippen molar-refractivity contribution in [3.63, 3.8) is 0 Å². The van der Waals surface area contributed by atoms with Crippen LogP contribution in [-0.2, 0) is 9.59 Å². The quantitative estimate of drug-likeness (QED) is 0.672. The zero-order valence-electron chi connectivity index (χ0n) is 9.08. The third-order valence-corrected chi connectivity index (χ3v) is 3.37. The van der Waals surface area contributed by atoms with Crippen molar-refractivity contribution in [2.24, 2.45) is 5.41 Å². The third-order valence-electron chi connectivity index (χ3n) is 2.73. The first kappa shape index (κ1) is 12.4. The molecular formula is C10H17NO3S. The van der Waals surface area contributed by atoms with Crippen LogP contribution in [0.2, 0.25) is 0 Å². The van der Waals surface area contributed by atoms with Gasteiger partial charge in [0.15, 0.2) is 0 Å². The molecule has 2 N–H and O–H groups in total. The van der Waals surface area contributed by atoms with E-state index in [1.807, 2.05) is 13.2 Å². The monoisotopic (exact) mass is 231 g/mol. The van der Waals surface area contributed by atoms with Gasteiger partial charge in [0.1, 0.15) is 5.41 Å². The number of carbonyl (C=O) groups is 2. The molecule has 0 radical (unpaired) electrons. The minimum Gasteiger partial charge on any atom is -0.480 e. The summed E-state index contributed by atoms with van der Waals surface area (Å²) in [4.78, 5) is 22.5. The zero-order chi connectivity index (χ0) is 11.5. The SMILES string of the molecule is CSCCC(C)NC(=O)C1(C(=O)O)CC1. The van der Waals surface area contributed by atoms with Crippen molar-refractivity contribution in [3.05, 3.63) is 0 Å². The number of aliphatic carboxylic acids is 1. The summed E-state index contributed by atoms with van der Waals surface area (Å²) in [6.45, 7) is 1.91. The lowest BCUT2D eigenvalue weighted by atomic mass is 10.1. The Hall–Kier alpha value is -0.710. The molecule has 0 spiro atoms. The molecule has 0 heterocycles. The topological polar surface area (TPSA) is 66.4 Å². The molecule has 1 saturated carbocycles. The van der Waals surface area contributed by atoms with Crippen LogP contribution in [0.25, 0.3) is 0 Å². The van der Waals surface area contributed by atoms with Crippen LogP contribution in [0.1, 0.15) is 26.2 Å². The lowest BCUT2D eigenvalue weighted by molar-refractivity contribution is -0.149. The molecule has 15 heavy (non-hydrogen) atoms. The fraction of sp³-hybridized carbons (Fsp3) is 0.800. The number of carbonyl (C=O) groups excluding carboxylic acids is 1. The predicted molar refractivity (Wildman–Crippen MR) is 59.9 cm³/mol. The van der Waals surface area contributed by atoms with Gasteiger partial charge in [-0.15, -0.1) is 0 Å². The van der Waals surface area contributed by atoms with Crippen LogP contribution in [0.3, 0.4) is 0 Å². The molecular weight excluding hydrogens is 214 g/mol. The Morgan fingerprint density at radius 2 is 2.13 bits per heavy atom. The average Bonchev–Trinajstić information content (AvgIpc) is 2.95. The predicted octanol–water partition coefficient (Wildman–Crippen LogP) is 1.11. The van der Waals surface area contributed by atoms with Crippen molar-refractivity contribution in [2.75, 3.05) is 12.0 Å². The smallest absolute Gasteiger partial charge is 0.319 e. The van der Waals surface area contributed by atoms with E-state index in [0.717, 1.165) is 12.2 Å². The largest absolute Gasteiger partial charge is 0.480 e. The van der Waals surface area contributed by atoms with E-state index < -0.39 is 11.4 Å². The number of carboxylic acid groups (broad SMARTS) is 1. The van der Waals surface area contributed by atoms with Crippen molar-refractivity contribution < 1.29 is 14.7 Å². The summed E-state index contributed by atoms with van der Waals surface area (Å²) in [6, 6.07) is 0.0572. The Balaban J connectivity index is 2.39. The fourth-order valence-corrected chi connectivity index (χ4v) is 1.98. The van der Waals surface area contributed by atoms with Crippen LogP contribution in [0, 0.1) is 5.41 Å². The molecule has 1 unspecified atom stereocenters. The molecule has 0 saturated heterocycles. The molecule has 4 nitrogen and oxygen atoms in total. The lowest BCUT2D eigenvalue weighted by Gasteiger charge is -2.16. The maximum absolute atomic E-state index is 11.6. The lowest BCUT2D eigenvalue weighted by Crippen LogP contribution is -2.41. The van der Waals surface area contributed by atoms with Gasteiger partial charge < -0.3 is 10.4 Å². The summed E-state index contributed by atoms with van der Waals surface area (Å²) in [7, 11) is 0. The molecule has 5 heteroatoms. The number of nitrogens with one attached hydrogen (secondary N) is 1. The minimum absolute atomic E-state index is 0.0572. The average molecular weight is 231 g/mol. The molecule has 0 aromatic heterocycles. The van der Waals surface area contributed by atoms with E-state index in [-0.39, 0.29) is 11.9 Å². The summed E-state index contributed by atoms with van der Waals surface area (Å²) in [5.41, 5.74) is -1.10. The Kier molecular flexibility index (Phi) is 4.02. The van der Waals surface area contributed by atoms with Crippen molar-refractivity contribution in [1.29, 1.82) is 0 Å². The van der Waals surface area contributed by atoms with Gasteiger partial charge in [-0.2, -0.15) is 11.8 Å². The van der Waals surface area contributed by atoms with E-state index in [0.29, 0.717) is 12.8 Å². The Morgan fingerprint density at radius 3 is 2.53 bits per heavy atom. The molecule has 1 amide bonds. The van der Waals surface area contributed by atoms with Crippen LogP contribution in [0.5, 0.6) is 0 Å². The van der Waals surface area contributed by atoms with Gasteiger partial charge in [0, 0.05) is 6.04 Å². The fourth-order valence-electron chi connectivity index (χ4n) is 1.39. The van der Waals surface area contributed by atoms with E-state index >= 15 is 0 Å². The van der Waals surface area contributed by atoms with Gasteiger partial charge in [0.2, 0.25) is 5.91 Å². The standard InChI is InChI=1S/C10H17NO3S/c1-7(3-6-15-2)11-8(12)10(4-5-10)9(13)14/h7H,3-6H2,1-2H3,(H,11,12)(H,13,14). The molecule has 86 valence electrons. The van der Waals surface area contributed by atoms with Crippen molar-refractivity contribution in [2.45, 2.75) is 32.2 Å². The van der Waals surface area contributed by atoms with Gasteiger partial charge in [-0.1, -0.05) is 0 Å². The highest BCUT2D eigenvalue weighted by molar-refractivity contribution is 7.98. The number of carboxylic acids is 1. The van der Waals surface area contributed by atoms with Crippen LogP contribution in [0.4, 0.5) is 0 Å². The second-order valence-corrected chi connectivity index (χ2v) is 5.03. The van der Waals surface area contributed by atoms with Gasteiger partial charge >= 0.3 is 5.97 Å². The molecule has 0 aromatic carbocycles. The van der Waals surface area contributed by atoms with E-state index in [2.05, 4.69) is 5.32 Å². The molecule has 0 aromatic rings. The van der Waals surface area contributed by atoms with Crippen molar-refractivity contribution in [1.82, 2.24) is 5.32 Å². The second kappa shape index (κ2) is 4.88. The highest BCUT2D eigenvalue weighted by Gasteiger charge is 2.57. The van der Waals surface area contributed by atoms with Crippen LogP contribution in [0.15, 0.2) is 0 Å². The summed E-state index contributed by atoms with van der Waals surface area (Å²) in [5.74, 6) is -0.331. The maximum Gasteiger partial charge on any atom is 0.319 e. The highest BCUT2D eigenvalue weighted by Crippen LogP contribution is 2.46. The molecule has 1 atom stereocenters. The van der Waals surface area contributed by atoms with E-state index in [9.17, 15) is 9.59 Å². The molecule has 1 rings (SSSR count). The van der Waals surface area contributed by atoms with Crippen LogP contribution in [-0.4, -0.2) is 35.0 Å². The van der Waals surface area contributed by atoms with Crippen molar-refractivity contribution >= 4 is 23.6 Å². The van der Waals surface area contributed by atoms with E-state index in [1.54, 1.807) is 11.8 Å². The molecule has 1 fully saturated rings. The number of rotatable bonds is 6. The van der Waals surface area contributed by atoms with Gasteiger partial charge in [0.25, 0.3) is 0 Å². The normalized spacial score (nSPS) is 19.3. The van der Waals surface area contributed by atoms with Crippen LogP contribution < -0.4 is 5.32 Å². The molecule has 0 bridgehead atoms. The Morgan fingerprint density at radius 1 is 1.53 bits per heavy atom. The minimum atomic E-state index is -1.10. The number of amides is 1. The summed E-state index contributed by atoms with van der Waals surface area (Å²) in [6.07, 6.45) is 3.84. The Bertz CT molecular complexity index is 263.